The van der Waals surface area contributed by atoms with Gasteiger partial charge >= 0.3 is 0 Å². The van der Waals surface area contributed by atoms with E-state index in [1.54, 1.807) is 7.11 Å². The summed E-state index contributed by atoms with van der Waals surface area (Å²) < 4.78 is 5.24. The highest BCUT2D eigenvalue weighted by Gasteiger charge is 2.22. The Kier molecular flexibility index (Phi) is 5.70. The van der Waals surface area contributed by atoms with Crippen molar-refractivity contribution in [1.29, 1.82) is 0 Å². The van der Waals surface area contributed by atoms with E-state index in [2.05, 4.69) is 46.1 Å². The molecule has 1 aromatic carbocycles. The molecule has 2 heterocycles. The molecule has 0 atom stereocenters. The maximum atomic E-state index is 5.24. The van der Waals surface area contributed by atoms with Crippen LogP contribution in [0.25, 0.3) is 0 Å². The molecule has 0 radical (unpaired) electrons. The van der Waals surface area contributed by atoms with Gasteiger partial charge in [-0.1, -0.05) is 0 Å². The average Bonchev–Trinajstić information content (AvgIpc) is 2.67. The standard InChI is InChI=1S/C20H27N3O/c1-22(14-9-17-7-12-21-13-8-17)18-10-15-23(16-11-18)19-3-5-20(24-2)6-4-19/h3-8,12-13,18H,9-11,14-16H2,1-2H3. The largest absolute Gasteiger partial charge is 0.497 e. The first-order valence-electron chi connectivity index (χ1n) is 8.74. The normalized spacial score (nSPS) is 15.7. The maximum absolute atomic E-state index is 5.24. The number of benzene rings is 1. The van der Waals surface area contributed by atoms with Crippen molar-refractivity contribution in [2.45, 2.75) is 25.3 Å². The molecular formula is C20H27N3O. The maximum Gasteiger partial charge on any atom is 0.119 e. The molecule has 1 aromatic heterocycles. The fourth-order valence-corrected chi connectivity index (χ4v) is 3.40. The van der Waals surface area contributed by atoms with Crippen LogP contribution in [-0.2, 0) is 6.42 Å². The van der Waals surface area contributed by atoms with Crippen molar-refractivity contribution in [3.05, 3.63) is 54.4 Å². The molecule has 0 aliphatic carbocycles. The first-order valence-corrected chi connectivity index (χ1v) is 8.74. The van der Waals surface area contributed by atoms with Gasteiger partial charge in [0.25, 0.3) is 0 Å². The highest BCUT2D eigenvalue weighted by atomic mass is 16.5. The van der Waals surface area contributed by atoms with Crippen LogP contribution < -0.4 is 9.64 Å². The highest BCUT2D eigenvalue weighted by Crippen LogP contribution is 2.24. The molecule has 1 aliphatic heterocycles. The Bertz CT molecular complexity index is 607. The van der Waals surface area contributed by atoms with Gasteiger partial charge in [-0.25, -0.2) is 0 Å². The van der Waals surface area contributed by atoms with Crippen LogP contribution in [0.15, 0.2) is 48.8 Å². The number of hydrogen-bond acceptors (Lipinski definition) is 4. The van der Waals surface area contributed by atoms with Crippen molar-refractivity contribution in [2.24, 2.45) is 0 Å². The van der Waals surface area contributed by atoms with Gasteiger partial charge in [-0.3, -0.25) is 4.98 Å². The Labute approximate surface area is 145 Å². The molecule has 0 amide bonds. The molecule has 2 aromatic rings. The van der Waals surface area contributed by atoms with Gasteiger partial charge in [-0.15, -0.1) is 0 Å². The topological polar surface area (TPSA) is 28.6 Å². The zero-order valence-corrected chi connectivity index (χ0v) is 14.7. The second-order valence-electron chi connectivity index (χ2n) is 6.50. The number of ether oxygens (including phenoxy) is 1. The van der Waals surface area contributed by atoms with Gasteiger partial charge < -0.3 is 14.5 Å². The van der Waals surface area contributed by atoms with E-state index in [-0.39, 0.29) is 0 Å². The van der Waals surface area contributed by atoms with Crippen LogP contribution in [0.5, 0.6) is 5.75 Å². The summed E-state index contributed by atoms with van der Waals surface area (Å²) in [6.07, 6.45) is 7.29. The predicted octanol–water partition coefficient (Wildman–Crippen LogP) is 3.23. The first-order chi connectivity index (χ1) is 11.8. The molecule has 0 bridgehead atoms. The van der Waals surface area contributed by atoms with E-state index in [4.69, 9.17) is 4.74 Å². The van der Waals surface area contributed by atoms with E-state index in [9.17, 15) is 0 Å². The Morgan fingerprint density at radius 2 is 1.75 bits per heavy atom. The number of anilines is 1. The molecule has 1 aliphatic rings. The zero-order chi connectivity index (χ0) is 16.8. The van der Waals surface area contributed by atoms with Gasteiger partial charge in [0, 0.05) is 43.8 Å². The summed E-state index contributed by atoms with van der Waals surface area (Å²) >= 11 is 0. The van der Waals surface area contributed by atoms with Crippen molar-refractivity contribution < 1.29 is 4.74 Å². The third-order valence-corrected chi connectivity index (χ3v) is 5.03. The summed E-state index contributed by atoms with van der Waals surface area (Å²) in [5.74, 6) is 0.921. The quantitative estimate of drug-likeness (QED) is 0.815. The SMILES string of the molecule is COc1ccc(N2CCC(N(C)CCc3ccncc3)CC2)cc1. The molecule has 0 spiro atoms. The second kappa shape index (κ2) is 8.15. The lowest BCUT2D eigenvalue weighted by Crippen LogP contribution is -2.44. The first kappa shape index (κ1) is 16.8. The van der Waals surface area contributed by atoms with Crippen LogP contribution in [-0.4, -0.2) is 49.7 Å². The lowest BCUT2D eigenvalue weighted by Gasteiger charge is -2.38. The lowest BCUT2D eigenvalue weighted by atomic mass is 10.0. The molecule has 0 unspecified atom stereocenters. The van der Waals surface area contributed by atoms with Gasteiger partial charge in [0.05, 0.1) is 7.11 Å². The van der Waals surface area contributed by atoms with Crippen LogP contribution in [0.2, 0.25) is 0 Å². The van der Waals surface area contributed by atoms with Crippen LogP contribution >= 0.6 is 0 Å². The number of aromatic nitrogens is 1. The summed E-state index contributed by atoms with van der Waals surface area (Å²) in [7, 11) is 3.97. The molecule has 4 heteroatoms. The van der Waals surface area contributed by atoms with E-state index >= 15 is 0 Å². The number of nitrogens with zero attached hydrogens (tertiary/aromatic N) is 3. The van der Waals surface area contributed by atoms with Gasteiger partial charge in [0.1, 0.15) is 5.75 Å². The van der Waals surface area contributed by atoms with Crippen molar-refractivity contribution in [1.82, 2.24) is 9.88 Å². The number of rotatable bonds is 6. The Balaban J connectivity index is 1.47. The van der Waals surface area contributed by atoms with Crippen molar-refractivity contribution >= 4 is 5.69 Å². The molecule has 1 fully saturated rings. The zero-order valence-electron chi connectivity index (χ0n) is 14.7. The van der Waals surface area contributed by atoms with Crippen molar-refractivity contribution in [3.8, 4) is 5.75 Å². The highest BCUT2D eigenvalue weighted by molar-refractivity contribution is 5.49. The third-order valence-electron chi connectivity index (χ3n) is 5.03. The van der Waals surface area contributed by atoms with Gasteiger partial charge in [0.15, 0.2) is 0 Å². The van der Waals surface area contributed by atoms with E-state index in [0.717, 1.165) is 31.8 Å². The summed E-state index contributed by atoms with van der Waals surface area (Å²) in [4.78, 5) is 9.08. The average molecular weight is 325 g/mol. The van der Waals surface area contributed by atoms with Crippen molar-refractivity contribution in [3.63, 3.8) is 0 Å². The number of hydrogen-bond donors (Lipinski definition) is 0. The lowest BCUT2D eigenvalue weighted by molar-refractivity contribution is 0.210. The van der Waals surface area contributed by atoms with Crippen LogP contribution in [0, 0.1) is 0 Å². The monoisotopic (exact) mass is 325 g/mol. The van der Waals surface area contributed by atoms with Crippen molar-refractivity contribution in [2.75, 3.05) is 38.7 Å². The molecule has 3 rings (SSSR count). The Morgan fingerprint density at radius 3 is 2.38 bits per heavy atom. The summed E-state index contributed by atoms with van der Waals surface area (Å²) in [6, 6.07) is 13.3. The van der Waals surface area contributed by atoms with Gasteiger partial charge in [0.2, 0.25) is 0 Å². The fraction of sp³-hybridized carbons (Fsp3) is 0.450. The number of likely N-dealkylation sites (N-methyl/N-ethyl adjacent to an activating group) is 1. The predicted molar refractivity (Wildman–Crippen MR) is 98.8 cm³/mol. The second-order valence-corrected chi connectivity index (χ2v) is 6.50. The minimum atomic E-state index is 0.682. The van der Waals surface area contributed by atoms with E-state index in [1.807, 2.05) is 24.5 Å². The molecule has 24 heavy (non-hydrogen) atoms. The molecule has 0 saturated carbocycles. The molecular weight excluding hydrogens is 298 g/mol. The fourth-order valence-electron chi connectivity index (χ4n) is 3.40. The Morgan fingerprint density at radius 1 is 1.08 bits per heavy atom. The van der Waals surface area contributed by atoms with Crippen LogP contribution in [0.3, 0.4) is 0 Å². The summed E-state index contributed by atoms with van der Waals surface area (Å²) in [6.45, 7) is 3.35. The number of piperidine rings is 1. The Hall–Kier alpha value is -2.07. The molecule has 4 nitrogen and oxygen atoms in total. The number of methoxy groups -OCH3 is 1. The van der Waals surface area contributed by atoms with E-state index < -0.39 is 0 Å². The minimum absolute atomic E-state index is 0.682. The van der Waals surface area contributed by atoms with Crippen LogP contribution in [0.1, 0.15) is 18.4 Å². The van der Waals surface area contributed by atoms with Gasteiger partial charge in [-0.2, -0.15) is 0 Å². The minimum Gasteiger partial charge on any atom is -0.497 e. The van der Waals surface area contributed by atoms with Gasteiger partial charge in [-0.05, 0) is 68.3 Å². The number of pyridine rings is 1. The molecule has 0 N–H and O–H groups in total. The van der Waals surface area contributed by atoms with E-state index in [0.29, 0.717) is 6.04 Å². The summed E-state index contributed by atoms with van der Waals surface area (Å²) in [5, 5.41) is 0. The summed E-state index contributed by atoms with van der Waals surface area (Å²) in [5.41, 5.74) is 2.67. The van der Waals surface area contributed by atoms with Crippen LogP contribution in [0.4, 0.5) is 5.69 Å². The smallest absolute Gasteiger partial charge is 0.119 e. The molecule has 128 valence electrons. The third kappa shape index (κ3) is 4.26. The molecule has 1 saturated heterocycles. The van der Waals surface area contributed by atoms with E-state index in [1.165, 1.54) is 24.1 Å².